The van der Waals surface area contributed by atoms with E-state index in [1.807, 2.05) is 35.0 Å². The number of ketones is 1. The van der Waals surface area contributed by atoms with Crippen LogP contribution in [0, 0.1) is 0 Å². The van der Waals surface area contributed by atoms with E-state index in [0.717, 1.165) is 15.4 Å². The summed E-state index contributed by atoms with van der Waals surface area (Å²) in [6, 6.07) is 12.8. The molecule has 3 rings (SSSR count). The van der Waals surface area contributed by atoms with Crippen molar-refractivity contribution < 1.29 is 4.79 Å². The number of aromatic nitrogens is 1. The second-order valence-corrected chi connectivity index (χ2v) is 6.36. The van der Waals surface area contributed by atoms with Gasteiger partial charge in [0.2, 0.25) is 0 Å². The smallest absolute Gasteiger partial charge is 0.184 e. The van der Waals surface area contributed by atoms with Crippen molar-refractivity contribution >= 4 is 55.8 Å². The summed E-state index contributed by atoms with van der Waals surface area (Å²) < 4.78 is 2.91. The van der Waals surface area contributed by atoms with Gasteiger partial charge in [-0.15, -0.1) is 0 Å². The minimum absolute atomic E-state index is 0.0695. The first kappa shape index (κ1) is 14.6. The molecule has 0 aliphatic carbocycles. The Morgan fingerprint density at radius 2 is 1.95 bits per heavy atom. The molecule has 106 valence electrons. The first-order valence-electron chi connectivity index (χ1n) is 6.28. The van der Waals surface area contributed by atoms with Gasteiger partial charge in [0.25, 0.3) is 0 Å². The molecule has 2 aromatic carbocycles. The van der Waals surface area contributed by atoms with Crippen LogP contribution in [0.15, 0.2) is 53.1 Å². The largest absolute Gasteiger partial charge is 0.340 e. The SMILES string of the molecule is O=C(Cn1ccc2c(Br)cccc21)c1cc(Cl)ccc1Cl. The molecule has 5 heteroatoms. The van der Waals surface area contributed by atoms with E-state index in [9.17, 15) is 4.79 Å². The number of carbonyl (C=O) groups is 1. The van der Waals surface area contributed by atoms with Crippen LogP contribution in [0.3, 0.4) is 0 Å². The molecular formula is C16H10BrCl2NO. The van der Waals surface area contributed by atoms with Crippen molar-refractivity contribution in [2.24, 2.45) is 0 Å². The van der Waals surface area contributed by atoms with Gasteiger partial charge in [0.05, 0.1) is 11.6 Å². The molecule has 21 heavy (non-hydrogen) atoms. The van der Waals surface area contributed by atoms with E-state index in [2.05, 4.69) is 15.9 Å². The Morgan fingerprint density at radius 1 is 1.14 bits per heavy atom. The maximum absolute atomic E-state index is 12.4. The van der Waals surface area contributed by atoms with E-state index in [0.29, 0.717) is 15.6 Å². The van der Waals surface area contributed by atoms with Crippen molar-refractivity contribution in [3.05, 3.63) is 68.7 Å². The molecule has 0 bridgehead atoms. The van der Waals surface area contributed by atoms with Crippen molar-refractivity contribution in [2.45, 2.75) is 6.54 Å². The highest BCUT2D eigenvalue weighted by Gasteiger charge is 2.13. The Morgan fingerprint density at radius 3 is 2.76 bits per heavy atom. The number of benzene rings is 2. The third-order valence-electron chi connectivity index (χ3n) is 3.30. The second kappa shape index (κ2) is 5.84. The molecule has 0 aliphatic rings. The average Bonchev–Trinajstić information content (AvgIpc) is 2.86. The van der Waals surface area contributed by atoms with Gasteiger partial charge in [-0.2, -0.15) is 0 Å². The summed E-state index contributed by atoms with van der Waals surface area (Å²) in [5.74, 6) is -0.0695. The van der Waals surface area contributed by atoms with E-state index < -0.39 is 0 Å². The highest BCUT2D eigenvalue weighted by atomic mass is 79.9. The first-order valence-corrected chi connectivity index (χ1v) is 7.83. The molecule has 0 atom stereocenters. The highest BCUT2D eigenvalue weighted by Crippen LogP contribution is 2.26. The molecule has 0 aliphatic heterocycles. The molecule has 0 saturated heterocycles. The van der Waals surface area contributed by atoms with Crippen LogP contribution in [-0.4, -0.2) is 10.4 Å². The average molecular weight is 383 g/mol. The normalized spacial score (nSPS) is 11.0. The number of Topliss-reactive ketones (excluding diaryl/α,β-unsaturated/α-hetero) is 1. The van der Waals surface area contributed by atoms with Gasteiger partial charge in [-0.25, -0.2) is 0 Å². The van der Waals surface area contributed by atoms with E-state index in [1.54, 1.807) is 18.2 Å². The van der Waals surface area contributed by atoms with Crippen LogP contribution in [0.4, 0.5) is 0 Å². The van der Waals surface area contributed by atoms with Crippen molar-refractivity contribution in [1.29, 1.82) is 0 Å². The summed E-state index contributed by atoms with van der Waals surface area (Å²) in [7, 11) is 0. The maximum atomic E-state index is 12.4. The monoisotopic (exact) mass is 381 g/mol. The van der Waals surface area contributed by atoms with Gasteiger partial charge >= 0.3 is 0 Å². The van der Waals surface area contributed by atoms with Crippen molar-refractivity contribution in [3.8, 4) is 0 Å². The Bertz CT molecular complexity index is 841. The lowest BCUT2D eigenvalue weighted by molar-refractivity contribution is 0.0974. The van der Waals surface area contributed by atoms with Crippen LogP contribution in [0.2, 0.25) is 10.0 Å². The molecule has 1 aromatic heterocycles. The molecule has 0 spiro atoms. The fourth-order valence-electron chi connectivity index (χ4n) is 2.27. The van der Waals surface area contributed by atoms with Crippen molar-refractivity contribution in [2.75, 3.05) is 0 Å². The minimum atomic E-state index is -0.0695. The molecule has 0 unspecified atom stereocenters. The number of rotatable bonds is 3. The number of hydrogen-bond acceptors (Lipinski definition) is 1. The van der Waals surface area contributed by atoms with Crippen LogP contribution >= 0.6 is 39.1 Å². The van der Waals surface area contributed by atoms with E-state index in [-0.39, 0.29) is 12.3 Å². The van der Waals surface area contributed by atoms with Gasteiger partial charge in [0.1, 0.15) is 0 Å². The predicted molar refractivity (Wildman–Crippen MR) is 90.4 cm³/mol. The summed E-state index contributed by atoms with van der Waals surface area (Å²) in [5.41, 5.74) is 1.44. The van der Waals surface area contributed by atoms with Crippen LogP contribution in [0.1, 0.15) is 10.4 Å². The lowest BCUT2D eigenvalue weighted by Crippen LogP contribution is -2.10. The summed E-state index contributed by atoms with van der Waals surface area (Å²) in [6.07, 6.45) is 1.89. The van der Waals surface area contributed by atoms with Gasteiger partial charge < -0.3 is 4.57 Å². The van der Waals surface area contributed by atoms with Crippen molar-refractivity contribution in [3.63, 3.8) is 0 Å². The summed E-state index contributed by atoms with van der Waals surface area (Å²) in [6.45, 7) is 0.222. The van der Waals surface area contributed by atoms with Gasteiger partial charge in [-0.3, -0.25) is 4.79 Å². The molecule has 0 saturated carbocycles. The standard InChI is InChI=1S/C16H10BrCl2NO/c17-13-2-1-3-15-11(13)6-7-20(15)9-16(21)12-8-10(18)4-5-14(12)19/h1-8H,9H2. The molecule has 0 N–H and O–H groups in total. The Labute approximate surface area is 140 Å². The van der Waals surface area contributed by atoms with E-state index in [1.165, 1.54) is 0 Å². The Hall–Kier alpha value is -1.29. The Balaban J connectivity index is 1.97. The molecule has 1 heterocycles. The molecule has 2 nitrogen and oxygen atoms in total. The van der Waals surface area contributed by atoms with Crippen LogP contribution in [0.5, 0.6) is 0 Å². The van der Waals surface area contributed by atoms with E-state index in [4.69, 9.17) is 23.2 Å². The van der Waals surface area contributed by atoms with Gasteiger partial charge in [0, 0.05) is 32.2 Å². The number of nitrogens with zero attached hydrogens (tertiary/aromatic N) is 1. The fraction of sp³-hybridized carbons (Fsp3) is 0.0625. The number of halogens is 3. The third kappa shape index (κ3) is 2.86. The number of fused-ring (bicyclic) bond motifs is 1. The van der Waals surface area contributed by atoms with Crippen molar-refractivity contribution in [1.82, 2.24) is 4.57 Å². The zero-order valence-electron chi connectivity index (χ0n) is 10.8. The first-order chi connectivity index (χ1) is 10.1. The molecule has 0 fully saturated rings. The zero-order valence-corrected chi connectivity index (χ0v) is 13.9. The van der Waals surface area contributed by atoms with Crippen LogP contribution in [-0.2, 0) is 6.54 Å². The number of hydrogen-bond donors (Lipinski definition) is 0. The predicted octanol–water partition coefficient (Wildman–Crippen LogP) is 5.59. The van der Waals surface area contributed by atoms with Gasteiger partial charge in [-0.1, -0.05) is 45.2 Å². The molecule has 0 amide bonds. The summed E-state index contributed by atoms with van der Waals surface area (Å²) in [4.78, 5) is 12.4. The van der Waals surface area contributed by atoms with Crippen LogP contribution in [0.25, 0.3) is 10.9 Å². The Kier molecular flexibility index (Phi) is 4.07. The van der Waals surface area contributed by atoms with Crippen LogP contribution < -0.4 is 0 Å². The topological polar surface area (TPSA) is 22.0 Å². The quantitative estimate of drug-likeness (QED) is 0.541. The minimum Gasteiger partial charge on any atom is -0.340 e. The highest BCUT2D eigenvalue weighted by molar-refractivity contribution is 9.10. The molecule has 0 radical (unpaired) electrons. The van der Waals surface area contributed by atoms with Gasteiger partial charge in [0.15, 0.2) is 5.78 Å². The van der Waals surface area contributed by atoms with Gasteiger partial charge in [-0.05, 0) is 36.4 Å². The lowest BCUT2D eigenvalue weighted by Gasteiger charge is -2.07. The van der Waals surface area contributed by atoms with E-state index >= 15 is 0 Å². The molecule has 3 aromatic rings. The third-order valence-corrected chi connectivity index (χ3v) is 4.56. The maximum Gasteiger partial charge on any atom is 0.184 e. The molecular weight excluding hydrogens is 373 g/mol. The lowest BCUT2D eigenvalue weighted by atomic mass is 10.1. The fourth-order valence-corrected chi connectivity index (χ4v) is 3.16. The second-order valence-electron chi connectivity index (χ2n) is 4.66. The summed E-state index contributed by atoms with van der Waals surface area (Å²) >= 11 is 15.5. The summed E-state index contributed by atoms with van der Waals surface area (Å²) in [5, 5.41) is 1.99. The zero-order chi connectivity index (χ0) is 15.0. The number of carbonyl (C=O) groups excluding carboxylic acids is 1.